The van der Waals surface area contributed by atoms with Gasteiger partial charge in [-0.25, -0.2) is 0 Å². The summed E-state index contributed by atoms with van der Waals surface area (Å²) in [6.07, 6.45) is -7.49. The van der Waals surface area contributed by atoms with Gasteiger partial charge in [0.15, 0.2) is 6.29 Å². The van der Waals surface area contributed by atoms with E-state index in [-0.39, 0.29) is 13.0 Å². The number of likely N-dealkylation sites (tertiary alicyclic amines) is 1. The summed E-state index contributed by atoms with van der Waals surface area (Å²) in [7, 11) is 1.28. The summed E-state index contributed by atoms with van der Waals surface area (Å²) in [5.74, 6) is -1.94. The van der Waals surface area contributed by atoms with Gasteiger partial charge in [0.05, 0.1) is 12.1 Å². The van der Waals surface area contributed by atoms with Gasteiger partial charge in [-0.15, -0.1) is 0 Å². The van der Waals surface area contributed by atoms with Gasteiger partial charge in [-0.1, -0.05) is 0 Å². The number of aliphatic hydroxyl groups excluding tert-OH is 1. The molecule has 2 aliphatic rings. The molecule has 0 aromatic heterocycles. The highest BCUT2D eigenvalue weighted by atomic mass is 19.4. The average Bonchev–Trinajstić information content (AvgIpc) is 2.77. The van der Waals surface area contributed by atoms with Gasteiger partial charge in [0.25, 0.3) is 0 Å². The molecule has 0 aromatic rings. The van der Waals surface area contributed by atoms with Crippen LogP contribution in [-0.2, 0) is 14.3 Å². The standard InChI is InChI=1S/C9H12F3NO4/c1-16-7-6(14)5-4(17-7)2-3-13(5)8(15)9(10,11)12/h4-7,14H,2-3H2,1H3/t4-,5+,6-,7+/m1/s1. The van der Waals surface area contributed by atoms with Gasteiger partial charge in [0, 0.05) is 13.7 Å². The maximum atomic E-state index is 12.3. The molecular weight excluding hydrogens is 243 g/mol. The molecule has 2 saturated heterocycles. The smallest absolute Gasteiger partial charge is 0.386 e. The van der Waals surface area contributed by atoms with Crippen LogP contribution in [0.5, 0.6) is 0 Å². The van der Waals surface area contributed by atoms with Crippen molar-refractivity contribution in [2.24, 2.45) is 0 Å². The fourth-order valence-electron chi connectivity index (χ4n) is 2.35. The molecule has 4 atom stereocenters. The third kappa shape index (κ3) is 2.00. The lowest BCUT2D eigenvalue weighted by atomic mass is 10.1. The lowest BCUT2D eigenvalue weighted by molar-refractivity contribution is -0.189. The highest BCUT2D eigenvalue weighted by Crippen LogP contribution is 2.35. The first-order chi connectivity index (χ1) is 7.86. The van der Waals surface area contributed by atoms with Crippen molar-refractivity contribution in [1.82, 2.24) is 4.90 Å². The first kappa shape index (κ1) is 12.6. The zero-order valence-corrected chi connectivity index (χ0v) is 8.98. The molecule has 0 spiro atoms. The minimum atomic E-state index is -4.93. The molecule has 0 unspecified atom stereocenters. The number of ether oxygens (including phenoxy) is 2. The van der Waals surface area contributed by atoms with Crippen molar-refractivity contribution >= 4 is 5.91 Å². The Kier molecular flexibility index (Phi) is 3.04. The molecular formula is C9H12F3NO4. The van der Waals surface area contributed by atoms with Crippen LogP contribution in [0.1, 0.15) is 6.42 Å². The number of amides is 1. The van der Waals surface area contributed by atoms with Gasteiger partial charge >= 0.3 is 12.1 Å². The van der Waals surface area contributed by atoms with Gasteiger partial charge in [-0.05, 0) is 6.42 Å². The van der Waals surface area contributed by atoms with Crippen LogP contribution in [0, 0.1) is 0 Å². The summed E-state index contributed by atoms with van der Waals surface area (Å²) in [6, 6.07) is -0.978. The number of nitrogens with zero attached hydrogens (tertiary/aromatic N) is 1. The van der Waals surface area contributed by atoms with E-state index in [9.17, 15) is 23.1 Å². The van der Waals surface area contributed by atoms with E-state index in [0.717, 1.165) is 0 Å². The maximum Gasteiger partial charge on any atom is 0.471 e. The molecule has 0 aromatic carbocycles. The molecule has 1 N–H and O–H groups in total. The Labute approximate surface area is 95.1 Å². The number of hydrogen-bond donors (Lipinski definition) is 1. The monoisotopic (exact) mass is 255 g/mol. The zero-order chi connectivity index (χ0) is 12.8. The van der Waals surface area contributed by atoms with Gasteiger partial charge < -0.3 is 19.5 Å². The van der Waals surface area contributed by atoms with Gasteiger partial charge in [0.1, 0.15) is 6.10 Å². The Morgan fingerprint density at radius 1 is 1.53 bits per heavy atom. The van der Waals surface area contributed by atoms with Crippen LogP contribution in [0.3, 0.4) is 0 Å². The molecule has 98 valence electrons. The lowest BCUT2D eigenvalue weighted by Crippen LogP contribution is -2.50. The molecule has 0 radical (unpaired) electrons. The van der Waals surface area contributed by atoms with E-state index in [4.69, 9.17) is 9.47 Å². The number of fused-ring (bicyclic) bond motifs is 1. The van der Waals surface area contributed by atoms with Crippen molar-refractivity contribution in [1.29, 1.82) is 0 Å². The zero-order valence-electron chi connectivity index (χ0n) is 8.98. The Balaban J connectivity index is 2.15. The summed E-state index contributed by atoms with van der Waals surface area (Å²) in [4.78, 5) is 11.8. The van der Waals surface area contributed by atoms with Crippen LogP contribution >= 0.6 is 0 Å². The number of carbonyl (C=O) groups is 1. The van der Waals surface area contributed by atoms with E-state index in [1.54, 1.807) is 0 Å². The van der Waals surface area contributed by atoms with Crippen molar-refractivity contribution in [3.8, 4) is 0 Å². The normalized spacial score (nSPS) is 37.4. The molecule has 2 fully saturated rings. The van der Waals surface area contributed by atoms with Crippen molar-refractivity contribution in [3.05, 3.63) is 0 Å². The lowest BCUT2D eigenvalue weighted by Gasteiger charge is -2.26. The van der Waals surface area contributed by atoms with E-state index >= 15 is 0 Å². The molecule has 17 heavy (non-hydrogen) atoms. The van der Waals surface area contributed by atoms with Gasteiger partial charge in [-0.2, -0.15) is 13.2 Å². The summed E-state index contributed by atoms with van der Waals surface area (Å²) in [6.45, 7) is -0.0683. The van der Waals surface area contributed by atoms with E-state index in [2.05, 4.69) is 0 Å². The number of halogens is 3. The minimum absolute atomic E-state index is 0.0683. The number of hydrogen-bond acceptors (Lipinski definition) is 4. The Morgan fingerprint density at radius 2 is 2.18 bits per heavy atom. The quantitative estimate of drug-likeness (QED) is 0.709. The SMILES string of the molecule is CO[C@H]1O[C@@H]2CCN(C(=O)C(F)(F)F)[C@@H]2[C@H]1O. The third-order valence-corrected chi connectivity index (χ3v) is 3.07. The van der Waals surface area contributed by atoms with Crippen LogP contribution < -0.4 is 0 Å². The van der Waals surface area contributed by atoms with Crippen molar-refractivity contribution in [2.75, 3.05) is 13.7 Å². The van der Waals surface area contributed by atoms with Crippen LogP contribution in [0.15, 0.2) is 0 Å². The number of aliphatic hydroxyl groups is 1. The molecule has 2 rings (SSSR count). The Hall–Kier alpha value is -0.860. The van der Waals surface area contributed by atoms with Crippen molar-refractivity contribution in [2.45, 2.75) is 37.1 Å². The minimum Gasteiger partial charge on any atom is -0.386 e. The summed E-state index contributed by atoms with van der Waals surface area (Å²) < 4.78 is 46.9. The fourth-order valence-corrected chi connectivity index (χ4v) is 2.35. The highest BCUT2D eigenvalue weighted by Gasteiger charge is 2.56. The third-order valence-electron chi connectivity index (χ3n) is 3.07. The molecule has 1 amide bonds. The number of rotatable bonds is 1. The van der Waals surface area contributed by atoms with E-state index in [1.165, 1.54) is 7.11 Å². The second-order valence-corrected chi connectivity index (χ2v) is 4.04. The second-order valence-electron chi connectivity index (χ2n) is 4.04. The molecule has 2 aliphatic heterocycles. The molecule has 0 saturated carbocycles. The van der Waals surface area contributed by atoms with Gasteiger partial charge in [0.2, 0.25) is 0 Å². The fraction of sp³-hybridized carbons (Fsp3) is 0.889. The van der Waals surface area contributed by atoms with Crippen molar-refractivity contribution in [3.63, 3.8) is 0 Å². The van der Waals surface area contributed by atoms with Crippen LogP contribution in [0.4, 0.5) is 13.2 Å². The van der Waals surface area contributed by atoms with Crippen molar-refractivity contribution < 1.29 is 32.5 Å². The largest absolute Gasteiger partial charge is 0.471 e. The Bertz CT molecular complexity index is 322. The average molecular weight is 255 g/mol. The van der Waals surface area contributed by atoms with Crippen LogP contribution in [-0.4, -0.2) is 60.3 Å². The van der Waals surface area contributed by atoms with Crippen LogP contribution in [0.2, 0.25) is 0 Å². The highest BCUT2D eigenvalue weighted by molar-refractivity contribution is 5.82. The Morgan fingerprint density at radius 3 is 2.71 bits per heavy atom. The summed E-state index contributed by atoms with van der Waals surface area (Å²) in [5, 5.41) is 9.73. The first-order valence-corrected chi connectivity index (χ1v) is 5.10. The number of methoxy groups -OCH3 is 1. The van der Waals surface area contributed by atoms with E-state index in [1.807, 2.05) is 0 Å². The number of alkyl halides is 3. The van der Waals surface area contributed by atoms with Crippen LogP contribution in [0.25, 0.3) is 0 Å². The summed E-state index contributed by atoms with van der Waals surface area (Å²) >= 11 is 0. The van der Waals surface area contributed by atoms with Gasteiger partial charge in [-0.3, -0.25) is 4.79 Å². The summed E-state index contributed by atoms with van der Waals surface area (Å²) in [5.41, 5.74) is 0. The molecule has 5 nitrogen and oxygen atoms in total. The maximum absolute atomic E-state index is 12.3. The molecule has 0 aliphatic carbocycles. The second kappa shape index (κ2) is 4.11. The predicted molar refractivity (Wildman–Crippen MR) is 47.8 cm³/mol. The first-order valence-electron chi connectivity index (χ1n) is 5.10. The molecule has 0 bridgehead atoms. The predicted octanol–water partition coefficient (Wildman–Crippen LogP) is -0.118. The number of carbonyl (C=O) groups excluding carboxylic acids is 1. The van der Waals surface area contributed by atoms with E-state index in [0.29, 0.717) is 4.90 Å². The van der Waals surface area contributed by atoms with E-state index < -0.39 is 36.6 Å². The topological polar surface area (TPSA) is 59.0 Å². The molecule has 2 heterocycles. The molecule has 8 heteroatoms.